The van der Waals surface area contributed by atoms with Crippen molar-refractivity contribution >= 4 is 0 Å². The van der Waals surface area contributed by atoms with Crippen molar-refractivity contribution in [3.63, 3.8) is 0 Å². The monoisotopic (exact) mass is 200 g/mol. The minimum atomic E-state index is 0.359. The van der Waals surface area contributed by atoms with Crippen molar-refractivity contribution in [2.75, 3.05) is 6.61 Å². The summed E-state index contributed by atoms with van der Waals surface area (Å²) in [7, 11) is 0. The van der Waals surface area contributed by atoms with Gasteiger partial charge in [0.1, 0.15) is 0 Å². The summed E-state index contributed by atoms with van der Waals surface area (Å²) >= 11 is 0. The van der Waals surface area contributed by atoms with Crippen LogP contribution < -0.4 is 0 Å². The number of unbranched alkanes of at least 4 members (excludes halogenated alkanes) is 2. The van der Waals surface area contributed by atoms with E-state index in [9.17, 15) is 0 Å². The Bertz CT molecular complexity index is 112. The van der Waals surface area contributed by atoms with Crippen molar-refractivity contribution in [2.45, 2.75) is 65.7 Å². The highest BCUT2D eigenvalue weighted by Crippen LogP contribution is 2.21. The molecule has 1 nitrogen and oxygen atoms in total. The Labute approximate surface area is 89.9 Å². The largest absolute Gasteiger partial charge is 0.396 e. The molecule has 1 heteroatoms. The molecule has 0 aromatic carbocycles. The van der Waals surface area contributed by atoms with Gasteiger partial charge < -0.3 is 5.11 Å². The van der Waals surface area contributed by atoms with Crippen LogP contribution >= 0.6 is 0 Å². The highest BCUT2D eigenvalue weighted by molar-refractivity contribution is 4.60. The summed E-state index contributed by atoms with van der Waals surface area (Å²) in [6.07, 6.45) is 8.92. The van der Waals surface area contributed by atoms with E-state index in [-0.39, 0.29) is 0 Å². The summed E-state index contributed by atoms with van der Waals surface area (Å²) in [5.74, 6) is 1.73. The van der Waals surface area contributed by atoms with Crippen molar-refractivity contribution in [3.05, 3.63) is 0 Å². The van der Waals surface area contributed by atoms with E-state index in [0.29, 0.717) is 6.61 Å². The Hall–Kier alpha value is -0.0400. The van der Waals surface area contributed by atoms with E-state index in [4.69, 9.17) is 5.11 Å². The molecule has 0 aromatic rings. The molecule has 0 aliphatic rings. The summed E-state index contributed by atoms with van der Waals surface area (Å²) in [4.78, 5) is 0. The summed E-state index contributed by atoms with van der Waals surface area (Å²) < 4.78 is 0. The van der Waals surface area contributed by atoms with Crippen LogP contribution in [0.2, 0.25) is 0 Å². The first-order chi connectivity index (χ1) is 6.70. The first kappa shape index (κ1) is 14.0. The van der Waals surface area contributed by atoms with Gasteiger partial charge in [-0.15, -0.1) is 0 Å². The fourth-order valence-corrected chi connectivity index (χ4v) is 2.08. The van der Waals surface area contributed by atoms with E-state index in [0.717, 1.165) is 18.3 Å². The molecule has 14 heavy (non-hydrogen) atoms. The van der Waals surface area contributed by atoms with Gasteiger partial charge in [0.2, 0.25) is 0 Å². The first-order valence-corrected chi connectivity index (χ1v) is 6.31. The molecule has 0 heterocycles. The number of hydrogen-bond donors (Lipinski definition) is 1. The van der Waals surface area contributed by atoms with Gasteiger partial charge in [-0.3, -0.25) is 0 Å². The van der Waals surface area contributed by atoms with Gasteiger partial charge in [-0.25, -0.2) is 0 Å². The molecule has 0 unspecified atom stereocenters. The van der Waals surface area contributed by atoms with Gasteiger partial charge in [-0.05, 0) is 24.7 Å². The van der Waals surface area contributed by atoms with Crippen LogP contribution in [0.25, 0.3) is 0 Å². The molecule has 2 atom stereocenters. The Morgan fingerprint density at radius 1 is 0.929 bits per heavy atom. The van der Waals surface area contributed by atoms with E-state index >= 15 is 0 Å². The van der Waals surface area contributed by atoms with E-state index in [1.54, 1.807) is 0 Å². The number of hydrogen-bond acceptors (Lipinski definition) is 1. The van der Waals surface area contributed by atoms with Gasteiger partial charge in [0, 0.05) is 6.61 Å². The summed E-state index contributed by atoms with van der Waals surface area (Å²) in [6, 6.07) is 0. The zero-order valence-electron chi connectivity index (χ0n) is 10.3. The lowest BCUT2D eigenvalue weighted by molar-refractivity contribution is 0.274. The quantitative estimate of drug-likeness (QED) is 0.558. The van der Waals surface area contributed by atoms with E-state index in [1.165, 1.54) is 38.5 Å². The highest BCUT2D eigenvalue weighted by atomic mass is 16.2. The molecule has 0 rings (SSSR count). The highest BCUT2D eigenvalue weighted by Gasteiger charge is 2.07. The molecule has 0 saturated heterocycles. The van der Waals surface area contributed by atoms with Gasteiger partial charge >= 0.3 is 0 Å². The number of rotatable bonds is 9. The molecule has 0 aromatic heterocycles. The normalized spacial score (nSPS) is 15.4. The van der Waals surface area contributed by atoms with Crippen molar-refractivity contribution < 1.29 is 5.11 Å². The molecular weight excluding hydrogens is 172 g/mol. The van der Waals surface area contributed by atoms with Crippen LogP contribution in [-0.4, -0.2) is 11.7 Å². The predicted molar refractivity (Wildman–Crippen MR) is 63.4 cm³/mol. The molecule has 0 aliphatic carbocycles. The summed E-state index contributed by atoms with van der Waals surface area (Å²) in [5, 5.41) is 8.68. The van der Waals surface area contributed by atoms with E-state index in [2.05, 4.69) is 20.8 Å². The maximum absolute atomic E-state index is 8.68. The van der Waals surface area contributed by atoms with Crippen LogP contribution in [0, 0.1) is 11.8 Å². The maximum atomic E-state index is 8.68. The standard InChI is InChI=1S/C13H28O/c1-4-5-8-12(2)11-13(3)9-6-7-10-14/h12-14H,4-11H2,1-3H3/t12-,13+/m0/s1. The van der Waals surface area contributed by atoms with Crippen molar-refractivity contribution in [2.24, 2.45) is 11.8 Å². The lowest BCUT2D eigenvalue weighted by atomic mass is 9.90. The van der Waals surface area contributed by atoms with Crippen LogP contribution in [0.1, 0.15) is 65.7 Å². The number of aliphatic hydroxyl groups excluding tert-OH is 1. The molecule has 0 saturated carbocycles. The third-order valence-electron chi connectivity index (χ3n) is 2.96. The average molecular weight is 200 g/mol. The topological polar surface area (TPSA) is 20.2 Å². The maximum Gasteiger partial charge on any atom is 0.0431 e. The van der Waals surface area contributed by atoms with Gasteiger partial charge in [0.05, 0.1) is 0 Å². The zero-order valence-corrected chi connectivity index (χ0v) is 10.3. The van der Waals surface area contributed by atoms with Crippen molar-refractivity contribution in [1.29, 1.82) is 0 Å². The fourth-order valence-electron chi connectivity index (χ4n) is 2.08. The molecule has 0 radical (unpaired) electrons. The average Bonchev–Trinajstić information content (AvgIpc) is 2.15. The van der Waals surface area contributed by atoms with Gasteiger partial charge in [-0.1, -0.05) is 52.9 Å². The van der Waals surface area contributed by atoms with Crippen molar-refractivity contribution in [3.8, 4) is 0 Å². The third-order valence-corrected chi connectivity index (χ3v) is 2.96. The lowest BCUT2D eigenvalue weighted by Gasteiger charge is -2.16. The lowest BCUT2D eigenvalue weighted by Crippen LogP contribution is -2.03. The molecular formula is C13H28O. The minimum absolute atomic E-state index is 0.359. The molecule has 0 spiro atoms. The van der Waals surface area contributed by atoms with Crippen LogP contribution in [0.5, 0.6) is 0 Å². The number of aliphatic hydroxyl groups is 1. The Morgan fingerprint density at radius 3 is 2.00 bits per heavy atom. The minimum Gasteiger partial charge on any atom is -0.396 e. The second-order valence-electron chi connectivity index (χ2n) is 4.81. The fraction of sp³-hybridized carbons (Fsp3) is 1.00. The van der Waals surface area contributed by atoms with Crippen LogP contribution in [0.15, 0.2) is 0 Å². The van der Waals surface area contributed by atoms with Crippen LogP contribution in [0.4, 0.5) is 0 Å². The molecule has 0 amide bonds. The summed E-state index contributed by atoms with van der Waals surface area (Å²) in [5.41, 5.74) is 0. The SMILES string of the molecule is CCCC[C@H](C)C[C@H](C)CCCCO. The van der Waals surface area contributed by atoms with Gasteiger partial charge in [0.15, 0.2) is 0 Å². The first-order valence-electron chi connectivity index (χ1n) is 6.31. The summed E-state index contributed by atoms with van der Waals surface area (Å²) in [6.45, 7) is 7.34. The van der Waals surface area contributed by atoms with Gasteiger partial charge in [-0.2, -0.15) is 0 Å². The smallest absolute Gasteiger partial charge is 0.0431 e. The molecule has 0 fully saturated rings. The molecule has 1 N–H and O–H groups in total. The Morgan fingerprint density at radius 2 is 1.50 bits per heavy atom. The van der Waals surface area contributed by atoms with E-state index < -0.39 is 0 Å². The zero-order chi connectivity index (χ0) is 10.8. The Kier molecular flexibility index (Phi) is 9.49. The Balaban J connectivity index is 3.35. The second kappa shape index (κ2) is 9.51. The molecule has 0 bridgehead atoms. The third kappa shape index (κ3) is 8.55. The van der Waals surface area contributed by atoms with E-state index in [1.807, 2.05) is 0 Å². The molecule has 0 aliphatic heterocycles. The molecule has 86 valence electrons. The van der Waals surface area contributed by atoms with Crippen molar-refractivity contribution in [1.82, 2.24) is 0 Å². The second-order valence-corrected chi connectivity index (χ2v) is 4.81. The van der Waals surface area contributed by atoms with Crippen LogP contribution in [-0.2, 0) is 0 Å². The van der Waals surface area contributed by atoms with Crippen LogP contribution in [0.3, 0.4) is 0 Å². The van der Waals surface area contributed by atoms with Gasteiger partial charge in [0.25, 0.3) is 0 Å². The predicted octanol–water partition coefficient (Wildman–Crippen LogP) is 4.00.